The second-order valence-electron chi connectivity index (χ2n) is 2.93. The zero-order valence-electron chi connectivity index (χ0n) is 7.01. The number of hydrogen-bond acceptors (Lipinski definition) is 1. The van der Waals surface area contributed by atoms with E-state index in [4.69, 9.17) is 0 Å². The average molecular weight is 158 g/mol. The van der Waals surface area contributed by atoms with Crippen LogP contribution in [-0.4, -0.2) is 6.54 Å². The van der Waals surface area contributed by atoms with Crippen LogP contribution in [0.15, 0.2) is 24.3 Å². The van der Waals surface area contributed by atoms with Crippen molar-refractivity contribution in [2.75, 3.05) is 6.54 Å². The van der Waals surface area contributed by atoms with E-state index in [1.54, 1.807) is 0 Å². The van der Waals surface area contributed by atoms with Gasteiger partial charge in [0.1, 0.15) is 0 Å². The number of hydrogen-bond donors (Lipinski definition) is 1. The third-order valence-electron chi connectivity index (χ3n) is 2.04. The Kier molecular flexibility index (Phi) is 1.86. The molecule has 1 aromatic rings. The molecule has 1 heteroatoms. The monoisotopic (exact) mass is 158 g/mol. The summed E-state index contributed by atoms with van der Waals surface area (Å²) in [7, 11) is 0. The van der Waals surface area contributed by atoms with Crippen molar-refractivity contribution in [3.05, 3.63) is 42.3 Å². The van der Waals surface area contributed by atoms with Gasteiger partial charge in [-0.05, 0) is 18.1 Å². The van der Waals surface area contributed by atoms with Gasteiger partial charge < -0.3 is 5.32 Å². The highest BCUT2D eigenvalue weighted by molar-refractivity contribution is 5.94. The van der Waals surface area contributed by atoms with Gasteiger partial charge in [0.05, 0.1) is 0 Å². The first-order chi connectivity index (χ1) is 5.92. The lowest BCUT2D eigenvalue weighted by Crippen LogP contribution is -2.17. The first-order valence-electron chi connectivity index (χ1n) is 4.26. The highest BCUT2D eigenvalue weighted by Crippen LogP contribution is 2.29. The van der Waals surface area contributed by atoms with Crippen LogP contribution in [0, 0.1) is 6.92 Å². The maximum atomic E-state index is 3.78. The number of fused-ring (bicyclic) bond motifs is 1. The summed E-state index contributed by atoms with van der Waals surface area (Å²) in [6.45, 7) is 4.74. The van der Waals surface area contributed by atoms with Gasteiger partial charge in [-0.1, -0.05) is 31.2 Å². The van der Waals surface area contributed by atoms with E-state index in [9.17, 15) is 0 Å². The Hall–Kier alpha value is -1.24. The summed E-state index contributed by atoms with van der Waals surface area (Å²) in [4.78, 5) is 0. The molecule has 0 saturated carbocycles. The maximum absolute atomic E-state index is 3.78. The van der Waals surface area contributed by atoms with Gasteiger partial charge >= 0.3 is 0 Å². The smallest absolute Gasteiger partial charge is 0.0426 e. The average Bonchev–Trinajstić information content (AvgIpc) is 2.07. The molecule has 1 aliphatic carbocycles. The molecule has 1 radical (unpaired) electrons. The lowest BCUT2D eigenvalue weighted by Gasteiger charge is -2.20. The normalized spacial score (nSPS) is 12.9. The second kappa shape index (κ2) is 3.02. The molecule has 2 rings (SSSR count). The largest absolute Gasteiger partial charge is 0.385 e. The lowest BCUT2D eigenvalue weighted by atomic mass is 9.94. The van der Waals surface area contributed by atoms with Crippen LogP contribution in [0.5, 0.6) is 0 Å². The molecule has 0 unspecified atom stereocenters. The minimum atomic E-state index is 0.930. The van der Waals surface area contributed by atoms with Crippen LogP contribution in [0.3, 0.4) is 0 Å². The highest BCUT2D eigenvalue weighted by atomic mass is 14.9. The molecule has 0 amide bonds. The van der Waals surface area contributed by atoms with Gasteiger partial charge in [-0.3, -0.25) is 0 Å². The van der Waals surface area contributed by atoms with Gasteiger partial charge in [0.25, 0.3) is 0 Å². The van der Waals surface area contributed by atoms with Gasteiger partial charge in [-0.2, -0.15) is 0 Å². The van der Waals surface area contributed by atoms with Crippen LogP contribution < -0.4 is 5.32 Å². The van der Waals surface area contributed by atoms with E-state index in [0.717, 1.165) is 13.0 Å². The molecule has 1 nitrogen and oxygen atoms in total. The SMILES string of the molecule is [CH2]CCNC1=Cc2ccccc21. The van der Waals surface area contributed by atoms with E-state index in [1.807, 2.05) is 0 Å². The molecule has 0 aliphatic heterocycles. The van der Waals surface area contributed by atoms with Crippen molar-refractivity contribution in [3.63, 3.8) is 0 Å². The summed E-state index contributed by atoms with van der Waals surface area (Å²) >= 11 is 0. The van der Waals surface area contributed by atoms with E-state index in [2.05, 4.69) is 42.6 Å². The third kappa shape index (κ3) is 1.11. The van der Waals surface area contributed by atoms with Crippen molar-refractivity contribution in [1.29, 1.82) is 0 Å². The molecule has 0 bridgehead atoms. The van der Waals surface area contributed by atoms with Gasteiger partial charge in [0.15, 0.2) is 0 Å². The summed E-state index contributed by atoms with van der Waals surface area (Å²) in [5, 5.41) is 3.32. The van der Waals surface area contributed by atoms with Gasteiger partial charge in [-0.15, -0.1) is 0 Å². The van der Waals surface area contributed by atoms with Crippen molar-refractivity contribution in [1.82, 2.24) is 5.32 Å². The van der Waals surface area contributed by atoms with Gasteiger partial charge in [0.2, 0.25) is 0 Å². The third-order valence-corrected chi connectivity index (χ3v) is 2.04. The maximum Gasteiger partial charge on any atom is 0.0426 e. The minimum Gasteiger partial charge on any atom is -0.385 e. The molecule has 0 aromatic heterocycles. The van der Waals surface area contributed by atoms with Crippen molar-refractivity contribution in [2.24, 2.45) is 0 Å². The fraction of sp³-hybridized carbons (Fsp3) is 0.182. The quantitative estimate of drug-likeness (QED) is 0.711. The van der Waals surface area contributed by atoms with E-state index in [-0.39, 0.29) is 0 Å². The molecule has 1 aliphatic rings. The van der Waals surface area contributed by atoms with Crippen LogP contribution in [0.1, 0.15) is 17.5 Å². The van der Waals surface area contributed by atoms with Crippen molar-refractivity contribution < 1.29 is 0 Å². The molecule has 61 valence electrons. The van der Waals surface area contributed by atoms with Crippen molar-refractivity contribution in [3.8, 4) is 0 Å². The molecule has 0 spiro atoms. The molecule has 1 N–H and O–H groups in total. The predicted molar refractivity (Wildman–Crippen MR) is 52.3 cm³/mol. The summed E-state index contributed by atoms with van der Waals surface area (Å²) < 4.78 is 0. The summed E-state index contributed by atoms with van der Waals surface area (Å²) in [5.74, 6) is 0. The molecule has 0 saturated heterocycles. The van der Waals surface area contributed by atoms with E-state index in [1.165, 1.54) is 16.8 Å². The Morgan fingerprint density at radius 2 is 2.08 bits per heavy atom. The van der Waals surface area contributed by atoms with Crippen LogP contribution in [-0.2, 0) is 0 Å². The number of nitrogens with one attached hydrogen (secondary N) is 1. The minimum absolute atomic E-state index is 0.930. The summed E-state index contributed by atoms with van der Waals surface area (Å²) in [6, 6.07) is 8.40. The van der Waals surface area contributed by atoms with Crippen molar-refractivity contribution >= 4 is 11.8 Å². The molecule has 1 aromatic carbocycles. The topological polar surface area (TPSA) is 12.0 Å². The summed E-state index contributed by atoms with van der Waals surface area (Å²) in [6.07, 6.45) is 3.10. The van der Waals surface area contributed by atoms with Crippen LogP contribution in [0.4, 0.5) is 0 Å². The van der Waals surface area contributed by atoms with Crippen LogP contribution >= 0.6 is 0 Å². The zero-order valence-corrected chi connectivity index (χ0v) is 7.01. The fourth-order valence-corrected chi connectivity index (χ4v) is 1.39. The van der Waals surface area contributed by atoms with Crippen LogP contribution in [0.2, 0.25) is 0 Å². The Morgan fingerprint density at radius 1 is 1.25 bits per heavy atom. The Balaban J connectivity index is 2.07. The first-order valence-corrected chi connectivity index (χ1v) is 4.26. The van der Waals surface area contributed by atoms with Gasteiger partial charge in [-0.25, -0.2) is 0 Å². The van der Waals surface area contributed by atoms with E-state index in [0.29, 0.717) is 0 Å². The standard InChI is InChI=1S/C11H12N/c1-2-7-12-11-8-9-5-3-4-6-10(9)11/h3-6,8,12H,1-2,7H2. The molecule has 0 fully saturated rings. The molecular formula is C11H12N. The van der Waals surface area contributed by atoms with Crippen LogP contribution in [0.25, 0.3) is 11.8 Å². The first kappa shape index (κ1) is 7.41. The van der Waals surface area contributed by atoms with Crippen molar-refractivity contribution in [2.45, 2.75) is 6.42 Å². The number of benzene rings is 1. The molecule has 0 heterocycles. The van der Waals surface area contributed by atoms with E-state index >= 15 is 0 Å². The molecule has 12 heavy (non-hydrogen) atoms. The highest BCUT2D eigenvalue weighted by Gasteiger charge is 2.13. The fourth-order valence-electron chi connectivity index (χ4n) is 1.39. The Bertz CT molecular complexity index is 313. The van der Waals surface area contributed by atoms with Gasteiger partial charge in [0, 0.05) is 17.8 Å². The summed E-state index contributed by atoms with van der Waals surface area (Å²) in [5.41, 5.74) is 3.93. The Morgan fingerprint density at radius 3 is 2.83 bits per heavy atom. The number of rotatable bonds is 3. The predicted octanol–water partition coefficient (Wildman–Crippen LogP) is 2.31. The molecular weight excluding hydrogens is 146 g/mol. The molecule has 0 atom stereocenters. The zero-order chi connectivity index (χ0) is 8.39. The second-order valence-corrected chi connectivity index (χ2v) is 2.93. The lowest BCUT2D eigenvalue weighted by molar-refractivity contribution is 0.865. The van der Waals surface area contributed by atoms with E-state index < -0.39 is 0 Å². The Labute approximate surface area is 73.1 Å².